The van der Waals surface area contributed by atoms with Crippen molar-refractivity contribution in [2.24, 2.45) is 5.92 Å². The Bertz CT molecular complexity index is 253. The fourth-order valence-corrected chi connectivity index (χ4v) is 2.49. The van der Waals surface area contributed by atoms with E-state index < -0.39 is 6.10 Å². The number of ether oxygens (including phenoxy) is 2. The zero-order valence-corrected chi connectivity index (χ0v) is 10.1. The number of rotatable bonds is 3. The summed E-state index contributed by atoms with van der Waals surface area (Å²) < 4.78 is 10.3. The summed E-state index contributed by atoms with van der Waals surface area (Å²) in [5.74, 6) is 0.591. The molecule has 0 N–H and O–H groups in total. The Labute approximate surface area is 96.9 Å². The topological polar surface area (TPSA) is 38.8 Å². The molecule has 1 aliphatic heterocycles. The van der Waals surface area contributed by atoms with E-state index in [9.17, 15) is 4.79 Å². The summed E-state index contributed by atoms with van der Waals surface area (Å²) in [5, 5.41) is 0. The molecule has 0 aromatic heterocycles. The van der Waals surface area contributed by atoms with Gasteiger partial charge in [-0.3, -0.25) is 4.90 Å². The van der Waals surface area contributed by atoms with Crippen molar-refractivity contribution in [2.75, 3.05) is 26.7 Å². The lowest BCUT2D eigenvalue weighted by molar-refractivity contribution is -0.166. The van der Waals surface area contributed by atoms with E-state index in [4.69, 9.17) is 9.47 Å². The molecular weight excluding hydrogens is 206 g/mol. The standard InChI is InChI=1S/C12H21NO3/c1-9-6-13(7-10-4-3-5-10)8-11(16-9)12(14)15-2/h9-11H,3-8H2,1-2H3/t9-,11+/m1/s1. The summed E-state index contributed by atoms with van der Waals surface area (Å²) >= 11 is 0. The largest absolute Gasteiger partial charge is 0.467 e. The molecule has 4 nitrogen and oxygen atoms in total. The summed E-state index contributed by atoms with van der Waals surface area (Å²) in [4.78, 5) is 13.8. The Balaban J connectivity index is 1.85. The zero-order chi connectivity index (χ0) is 11.5. The molecule has 0 bridgehead atoms. The summed E-state index contributed by atoms with van der Waals surface area (Å²) in [6, 6.07) is 0. The second-order valence-electron chi connectivity index (χ2n) is 4.97. The summed E-state index contributed by atoms with van der Waals surface area (Å²) in [6.45, 7) is 4.75. The summed E-state index contributed by atoms with van der Waals surface area (Å²) in [6.07, 6.45) is 3.78. The van der Waals surface area contributed by atoms with E-state index in [0.29, 0.717) is 6.54 Å². The van der Waals surface area contributed by atoms with Gasteiger partial charge in [0.2, 0.25) is 0 Å². The minimum absolute atomic E-state index is 0.123. The lowest BCUT2D eigenvalue weighted by atomic mass is 9.85. The van der Waals surface area contributed by atoms with Crippen molar-refractivity contribution in [1.82, 2.24) is 4.90 Å². The molecule has 16 heavy (non-hydrogen) atoms. The van der Waals surface area contributed by atoms with Crippen LogP contribution in [0.5, 0.6) is 0 Å². The summed E-state index contributed by atoms with van der Waals surface area (Å²) in [5.41, 5.74) is 0. The second-order valence-corrected chi connectivity index (χ2v) is 4.97. The monoisotopic (exact) mass is 227 g/mol. The minimum Gasteiger partial charge on any atom is -0.467 e. The van der Waals surface area contributed by atoms with Crippen LogP contribution >= 0.6 is 0 Å². The van der Waals surface area contributed by atoms with Gasteiger partial charge in [0.25, 0.3) is 0 Å². The van der Waals surface area contributed by atoms with Crippen LogP contribution in [0.4, 0.5) is 0 Å². The van der Waals surface area contributed by atoms with Crippen molar-refractivity contribution in [3.8, 4) is 0 Å². The predicted molar refractivity (Wildman–Crippen MR) is 60.1 cm³/mol. The SMILES string of the molecule is COC(=O)[C@@H]1CN(CC2CCC2)C[C@@H](C)O1. The molecule has 0 amide bonds. The van der Waals surface area contributed by atoms with Crippen LogP contribution in [0.2, 0.25) is 0 Å². The molecule has 92 valence electrons. The van der Waals surface area contributed by atoms with Crippen LogP contribution in [0.25, 0.3) is 0 Å². The van der Waals surface area contributed by atoms with Gasteiger partial charge in [-0.2, -0.15) is 0 Å². The number of hydrogen-bond acceptors (Lipinski definition) is 4. The van der Waals surface area contributed by atoms with Crippen LogP contribution in [0.1, 0.15) is 26.2 Å². The fourth-order valence-electron chi connectivity index (χ4n) is 2.49. The molecule has 1 heterocycles. The van der Waals surface area contributed by atoms with Gasteiger partial charge in [0.05, 0.1) is 13.2 Å². The van der Waals surface area contributed by atoms with Gasteiger partial charge in [0.15, 0.2) is 6.10 Å². The normalized spacial score (nSPS) is 32.1. The molecule has 2 fully saturated rings. The van der Waals surface area contributed by atoms with Crippen molar-refractivity contribution < 1.29 is 14.3 Å². The predicted octanol–water partition coefficient (Wildman–Crippen LogP) is 1.05. The van der Waals surface area contributed by atoms with Crippen LogP contribution in [0.15, 0.2) is 0 Å². The van der Waals surface area contributed by atoms with Crippen LogP contribution in [-0.2, 0) is 14.3 Å². The number of morpholine rings is 1. The molecular formula is C12H21NO3. The Morgan fingerprint density at radius 1 is 1.44 bits per heavy atom. The highest BCUT2D eigenvalue weighted by molar-refractivity contribution is 5.74. The molecule has 0 aromatic rings. The highest BCUT2D eigenvalue weighted by Crippen LogP contribution is 2.28. The highest BCUT2D eigenvalue weighted by atomic mass is 16.6. The van der Waals surface area contributed by atoms with E-state index >= 15 is 0 Å². The van der Waals surface area contributed by atoms with Crippen molar-refractivity contribution in [2.45, 2.75) is 38.4 Å². The maximum Gasteiger partial charge on any atom is 0.336 e. The van der Waals surface area contributed by atoms with Gasteiger partial charge in [-0.25, -0.2) is 4.79 Å². The smallest absolute Gasteiger partial charge is 0.336 e. The fraction of sp³-hybridized carbons (Fsp3) is 0.917. The van der Waals surface area contributed by atoms with Crippen LogP contribution in [0.3, 0.4) is 0 Å². The minimum atomic E-state index is -0.395. The third kappa shape index (κ3) is 2.74. The Hall–Kier alpha value is -0.610. The molecule has 0 spiro atoms. The van der Waals surface area contributed by atoms with Crippen molar-refractivity contribution in [3.63, 3.8) is 0 Å². The van der Waals surface area contributed by atoms with E-state index in [1.54, 1.807) is 0 Å². The quantitative estimate of drug-likeness (QED) is 0.676. The molecule has 1 saturated carbocycles. The third-order valence-electron chi connectivity index (χ3n) is 3.54. The number of esters is 1. The number of nitrogens with zero attached hydrogens (tertiary/aromatic N) is 1. The van der Waals surface area contributed by atoms with E-state index in [2.05, 4.69) is 4.90 Å². The molecule has 0 unspecified atom stereocenters. The maximum absolute atomic E-state index is 11.5. The van der Waals surface area contributed by atoms with Crippen molar-refractivity contribution >= 4 is 5.97 Å². The first-order chi connectivity index (χ1) is 7.69. The molecule has 1 aliphatic carbocycles. The first-order valence-corrected chi connectivity index (χ1v) is 6.14. The van der Waals surface area contributed by atoms with Crippen molar-refractivity contribution in [1.29, 1.82) is 0 Å². The average molecular weight is 227 g/mol. The molecule has 2 rings (SSSR count). The first kappa shape index (κ1) is 11.9. The Kier molecular flexibility index (Phi) is 3.82. The molecule has 0 radical (unpaired) electrons. The molecule has 2 atom stereocenters. The molecule has 0 aromatic carbocycles. The van der Waals surface area contributed by atoms with Gasteiger partial charge in [0, 0.05) is 19.6 Å². The van der Waals surface area contributed by atoms with Gasteiger partial charge in [-0.05, 0) is 25.7 Å². The number of carbonyl (C=O) groups is 1. The lowest BCUT2D eigenvalue weighted by Crippen LogP contribution is -2.51. The third-order valence-corrected chi connectivity index (χ3v) is 3.54. The maximum atomic E-state index is 11.5. The highest BCUT2D eigenvalue weighted by Gasteiger charge is 2.32. The Morgan fingerprint density at radius 2 is 2.19 bits per heavy atom. The van der Waals surface area contributed by atoms with E-state index in [0.717, 1.165) is 19.0 Å². The molecule has 1 saturated heterocycles. The van der Waals surface area contributed by atoms with Crippen LogP contribution < -0.4 is 0 Å². The lowest BCUT2D eigenvalue weighted by Gasteiger charge is -2.39. The van der Waals surface area contributed by atoms with E-state index in [1.807, 2.05) is 6.92 Å². The molecule has 2 aliphatic rings. The number of carbonyl (C=O) groups excluding carboxylic acids is 1. The van der Waals surface area contributed by atoms with Gasteiger partial charge in [-0.1, -0.05) is 6.42 Å². The number of hydrogen-bond donors (Lipinski definition) is 0. The van der Waals surface area contributed by atoms with E-state index in [-0.39, 0.29) is 12.1 Å². The van der Waals surface area contributed by atoms with Gasteiger partial charge >= 0.3 is 5.97 Å². The van der Waals surface area contributed by atoms with Gasteiger partial charge in [-0.15, -0.1) is 0 Å². The van der Waals surface area contributed by atoms with E-state index in [1.165, 1.54) is 26.4 Å². The van der Waals surface area contributed by atoms with Crippen LogP contribution in [0, 0.1) is 5.92 Å². The first-order valence-electron chi connectivity index (χ1n) is 6.14. The van der Waals surface area contributed by atoms with Crippen molar-refractivity contribution in [3.05, 3.63) is 0 Å². The zero-order valence-electron chi connectivity index (χ0n) is 10.1. The average Bonchev–Trinajstić information content (AvgIpc) is 2.21. The molecule has 4 heteroatoms. The van der Waals surface area contributed by atoms with Crippen LogP contribution in [-0.4, -0.2) is 49.8 Å². The van der Waals surface area contributed by atoms with Gasteiger partial charge < -0.3 is 9.47 Å². The second kappa shape index (κ2) is 5.15. The van der Waals surface area contributed by atoms with Gasteiger partial charge in [0.1, 0.15) is 0 Å². The number of methoxy groups -OCH3 is 1. The Morgan fingerprint density at radius 3 is 2.75 bits per heavy atom. The summed E-state index contributed by atoms with van der Waals surface area (Å²) in [7, 11) is 1.42.